The Morgan fingerprint density at radius 1 is 1.38 bits per heavy atom. The second-order valence-corrected chi connectivity index (χ2v) is 6.17. The van der Waals surface area contributed by atoms with Gasteiger partial charge in [-0.2, -0.15) is 0 Å². The van der Waals surface area contributed by atoms with Crippen molar-refractivity contribution in [2.45, 2.75) is 38.5 Å². The molecule has 0 bridgehead atoms. The summed E-state index contributed by atoms with van der Waals surface area (Å²) in [5.41, 5.74) is 0.350. The number of esters is 1. The van der Waals surface area contributed by atoms with Crippen LogP contribution in [0.25, 0.3) is 0 Å². The number of nitrogens with zero attached hydrogens (tertiary/aromatic N) is 1. The monoisotopic (exact) mass is 324 g/mol. The third kappa shape index (κ3) is 5.07. The largest absolute Gasteiger partial charge is 0.454 e. The molecule has 1 aromatic carbocycles. The summed E-state index contributed by atoms with van der Waals surface area (Å²) in [6.45, 7) is 5.58. The molecule has 0 amide bonds. The van der Waals surface area contributed by atoms with Crippen LogP contribution in [0.2, 0.25) is 0 Å². The number of amidine groups is 1. The van der Waals surface area contributed by atoms with Gasteiger partial charge < -0.3 is 14.8 Å². The number of ether oxygens (including phenoxy) is 2. The Morgan fingerprint density at radius 3 is 2.71 bits per heavy atom. The number of carbonyl (C=O) groups is 1. The highest BCUT2D eigenvalue weighted by Crippen LogP contribution is 2.25. The van der Waals surface area contributed by atoms with Crippen LogP contribution in [0, 0.1) is 24.2 Å². The Labute approximate surface area is 142 Å². The fraction of sp³-hybridized carbons (Fsp3) is 0.368. The van der Waals surface area contributed by atoms with E-state index in [2.05, 4.69) is 28.1 Å². The predicted octanol–water partition coefficient (Wildman–Crippen LogP) is 2.05. The van der Waals surface area contributed by atoms with E-state index in [-0.39, 0.29) is 12.6 Å². The van der Waals surface area contributed by atoms with E-state index >= 15 is 0 Å². The van der Waals surface area contributed by atoms with E-state index in [0.29, 0.717) is 6.02 Å². The molecule has 1 aromatic rings. The van der Waals surface area contributed by atoms with Gasteiger partial charge in [-0.05, 0) is 26.3 Å². The maximum atomic E-state index is 11.8. The second kappa shape index (κ2) is 7.57. The van der Waals surface area contributed by atoms with Crippen LogP contribution >= 0.6 is 0 Å². The fourth-order valence-electron chi connectivity index (χ4n) is 2.09. The molecule has 24 heavy (non-hydrogen) atoms. The number of hydrogen-bond acceptors (Lipinski definition) is 4. The van der Waals surface area contributed by atoms with Gasteiger partial charge in [0.15, 0.2) is 6.10 Å². The number of hydrogen-bond donors (Lipinski definition) is 1. The number of benzene rings is 1. The molecule has 0 saturated carbocycles. The van der Waals surface area contributed by atoms with Crippen LogP contribution in [-0.2, 0) is 14.3 Å². The molecule has 0 radical (unpaired) electrons. The van der Waals surface area contributed by atoms with Crippen LogP contribution in [0.4, 0.5) is 0 Å². The first-order valence-electron chi connectivity index (χ1n) is 7.59. The van der Waals surface area contributed by atoms with Crippen molar-refractivity contribution in [1.82, 2.24) is 5.32 Å². The molecule has 0 aliphatic carbocycles. The Hall–Kier alpha value is -2.92. The van der Waals surface area contributed by atoms with Crippen molar-refractivity contribution in [3.05, 3.63) is 35.9 Å². The summed E-state index contributed by atoms with van der Waals surface area (Å²) in [4.78, 5) is 15.9. The minimum absolute atomic E-state index is 0.204. The summed E-state index contributed by atoms with van der Waals surface area (Å²) in [5, 5.41) is 3.04. The van der Waals surface area contributed by atoms with Gasteiger partial charge >= 0.3 is 5.97 Å². The number of nitrogens with one attached hydrogen (secondary N) is 1. The van der Waals surface area contributed by atoms with Crippen LogP contribution in [0.15, 0.2) is 35.3 Å². The van der Waals surface area contributed by atoms with Gasteiger partial charge in [0, 0.05) is 5.92 Å². The SMILES string of the molecule is C#CCN=C1NC(C#CC(=O)OC(C)(C)C)C(c2ccccc2)O1. The van der Waals surface area contributed by atoms with Gasteiger partial charge in [-0.15, -0.1) is 6.42 Å². The highest BCUT2D eigenvalue weighted by atomic mass is 16.6. The van der Waals surface area contributed by atoms with Gasteiger partial charge in [0.1, 0.15) is 18.2 Å². The molecule has 2 unspecified atom stereocenters. The summed E-state index contributed by atoms with van der Waals surface area (Å²) in [6, 6.07) is 9.50. The lowest BCUT2D eigenvalue weighted by molar-refractivity contribution is -0.147. The molecule has 1 N–H and O–H groups in total. The van der Waals surface area contributed by atoms with Crippen molar-refractivity contribution >= 4 is 12.0 Å². The molecule has 0 aromatic heterocycles. The van der Waals surface area contributed by atoms with Gasteiger partial charge in [-0.3, -0.25) is 0 Å². The molecule has 2 atom stereocenters. The maximum Gasteiger partial charge on any atom is 0.384 e. The smallest absolute Gasteiger partial charge is 0.384 e. The Balaban J connectivity index is 2.19. The number of rotatable bonds is 2. The van der Waals surface area contributed by atoms with Crippen LogP contribution in [0.5, 0.6) is 0 Å². The van der Waals surface area contributed by atoms with E-state index in [0.717, 1.165) is 5.56 Å². The fourth-order valence-corrected chi connectivity index (χ4v) is 2.09. The Bertz CT molecular complexity index is 715. The van der Waals surface area contributed by atoms with Crippen molar-refractivity contribution in [3.63, 3.8) is 0 Å². The van der Waals surface area contributed by atoms with Crippen molar-refractivity contribution < 1.29 is 14.3 Å². The molecule has 1 aliphatic rings. The lowest BCUT2D eigenvalue weighted by Gasteiger charge is -2.17. The summed E-state index contributed by atoms with van der Waals surface area (Å²) < 4.78 is 11.0. The van der Waals surface area contributed by atoms with Crippen LogP contribution < -0.4 is 5.32 Å². The minimum atomic E-state index is -0.580. The summed E-state index contributed by atoms with van der Waals surface area (Å²) >= 11 is 0. The highest BCUT2D eigenvalue weighted by molar-refractivity contribution is 5.89. The molecule has 5 nitrogen and oxygen atoms in total. The zero-order chi connectivity index (χ0) is 17.6. The van der Waals surface area contributed by atoms with Crippen LogP contribution in [0.3, 0.4) is 0 Å². The molecule has 1 aliphatic heterocycles. The molecule has 1 heterocycles. The van der Waals surface area contributed by atoms with E-state index in [1.807, 2.05) is 30.3 Å². The standard InChI is InChI=1S/C19H20N2O3/c1-5-13-20-18-21-15(11-12-16(22)24-19(2,3)4)17(23-18)14-9-7-6-8-10-14/h1,6-10,15,17H,13H2,2-4H3,(H,20,21). The van der Waals surface area contributed by atoms with E-state index in [4.69, 9.17) is 15.9 Å². The van der Waals surface area contributed by atoms with Gasteiger partial charge in [0.2, 0.25) is 0 Å². The average Bonchev–Trinajstić information content (AvgIpc) is 2.93. The quantitative estimate of drug-likeness (QED) is 0.514. The first-order chi connectivity index (χ1) is 11.4. The third-order valence-electron chi connectivity index (χ3n) is 2.99. The van der Waals surface area contributed by atoms with Gasteiger partial charge in [0.25, 0.3) is 6.02 Å². The van der Waals surface area contributed by atoms with Crippen molar-refractivity contribution in [1.29, 1.82) is 0 Å². The number of terminal acetylenes is 1. The van der Waals surface area contributed by atoms with Crippen LogP contribution in [-0.4, -0.2) is 30.2 Å². The zero-order valence-corrected chi connectivity index (χ0v) is 14.0. The Kier molecular flexibility index (Phi) is 5.50. The van der Waals surface area contributed by atoms with Crippen molar-refractivity contribution in [3.8, 4) is 24.2 Å². The first-order valence-corrected chi connectivity index (χ1v) is 7.59. The molecular formula is C19H20N2O3. The number of carbonyl (C=O) groups excluding carboxylic acids is 1. The van der Waals surface area contributed by atoms with E-state index in [9.17, 15) is 4.79 Å². The van der Waals surface area contributed by atoms with Crippen LogP contribution in [0.1, 0.15) is 32.4 Å². The highest BCUT2D eigenvalue weighted by Gasteiger charge is 2.33. The molecule has 2 rings (SSSR count). The normalized spacial score (nSPS) is 21.0. The Morgan fingerprint density at radius 2 is 2.08 bits per heavy atom. The molecule has 0 spiro atoms. The molecule has 5 heteroatoms. The van der Waals surface area contributed by atoms with E-state index < -0.39 is 17.6 Å². The summed E-state index contributed by atoms with van der Waals surface area (Å²) in [5.74, 6) is 7.22. The summed E-state index contributed by atoms with van der Waals surface area (Å²) in [6.07, 6.45) is 4.84. The minimum Gasteiger partial charge on any atom is -0.454 e. The van der Waals surface area contributed by atoms with Crippen molar-refractivity contribution in [2.75, 3.05) is 6.54 Å². The molecular weight excluding hydrogens is 304 g/mol. The first kappa shape index (κ1) is 17.4. The molecule has 1 saturated heterocycles. The van der Waals surface area contributed by atoms with E-state index in [1.54, 1.807) is 20.8 Å². The van der Waals surface area contributed by atoms with Gasteiger partial charge in [0.05, 0.1) is 0 Å². The predicted molar refractivity (Wildman–Crippen MR) is 91.9 cm³/mol. The summed E-state index contributed by atoms with van der Waals surface area (Å²) in [7, 11) is 0. The average molecular weight is 324 g/mol. The van der Waals surface area contributed by atoms with Gasteiger partial charge in [-0.1, -0.05) is 42.2 Å². The second-order valence-electron chi connectivity index (χ2n) is 6.17. The maximum absolute atomic E-state index is 11.8. The lowest BCUT2D eigenvalue weighted by atomic mass is 10.0. The van der Waals surface area contributed by atoms with Gasteiger partial charge in [-0.25, -0.2) is 9.79 Å². The number of aliphatic imine (C=N–C) groups is 1. The molecule has 124 valence electrons. The van der Waals surface area contributed by atoms with E-state index in [1.165, 1.54) is 0 Å². The van der Waals surface area contributed by atoms with Crippen molar-refractivity contribution in [2.24, 2.45) is 4.99 Å². The zero-order valence-electron chi connectivity index (χ0n) is 14.0. The third-order valence-corrected chi connectivity index (χ3v) is 2.99. The lowest BCUT2D eigenvalue weighted by Crippen LogP contribution is -2.28. The topological polar surface area (TPSA) is 59.9 Å². The molecule has 1 fully saturated rings.